The molecule has 1 unspecified atom stereocenters. The van der Waals surface area contributed by atoms with Crippen molar-refractivity contribution in [1.82, 2.24) is 10.0 Å². The van der Waals surface area contributed by atoms with Gasteiger partial charge in [-0.25, -0.2) is 13.1 Å². The predicted octanol–water partition coefficient (Wildman–Crippen LogP) is 0.302. The van der Waals surface area contributed by atoms with Crippen LogP contribution in [0.15, 0.2) is 21.7 Å². The number of thiophene rings is 1. The fourth-order valence-corrected chi connectivity index (χ4v) is 3.65. The van der Waals surface area contributed by atoms with Gasteiger partial charge in [0.2, 0.25) is 5.91 Å². The molecule has 1 atom stereocenters. The molecule has 2 rings (SSSR count). The molecule has 1 aromatic rings. The molecule has 1 heterocycles. The van der Waals surface area contributed by atoms with Gasteiger partial charge in [0.05, 0.1) is 6.54 Å². The Bertz CT molecular complexity index is 529. The minimum absolute atomic E-state index is 0. The zero-order chi connectivity index (χ0) is 13.9. The summed E-state index contributed by atoms with van der Waals surface area (Å²) in [6, 6.07) is 3.11. The van der Waals surface area contributed by atoms with Crippen molar-refractivity contribution in [3.63, 3.8) is 0 Å². The molecule has 1 aliphatic carbocycles. The van der Waals surface area contributed by atoms with Gasteiger partial charge in [-0.15, -0.1) is 23.7 Å². The van der Waals surface area contributed by atoms with E-state index in [9.17, 15) is 13.2 Å². The van der Waals surface area contributed by atoms with Crippen LogP contribution in [0.4, 0.5) is 0 Å². The number of hydrogen-bond donors (Lipinski definition) is 3. The van der Waals surface area contributed by atoms with E-state index in [1.165, 1.54) is 6.07 Å². The van der Waals surface area contributed by atoms with Crippen LogP contribution in [-0.4, -0.2) is 33.5 Å². The summed E-state index contributed by atoms with van der Waals surface area (Å²) in [5.74, 6) is 0.138. The molecule has 4 N–H and O–H groups in total. The first-order chi connectivity index (χ1) is 8.99. The van der Waals surface area contributed by atoms with Gasteiger partial charge in [0.25, 0.3) is 10.0 Å². The van der Waals surface area contributed by atoms with Gasteiger partial charge in [-0.05, 0) is 30.2 Å². The van der Waals surface area contributed by atoms with E-state index in [4.69, 9.17) is 5.73 Å². The molecule has 0 aromatic carbocycles. The normalized spacial score (nSPS) is 16.2. The second kappa shape index (κ2) is 7.37. The molecule has 1 saturated carbocycles. The van der Waals surface area contributed by atoms with Crippen LogP contribution in [0, 0.1) is 5.92 Å². The fourth-order valence-electron chi connectivity index (χ4n) is 1.63. The molecule has 20 heavy (non-hydrogen) atoms. The van der Waals surface area contributed by atoms with Gasteiger partial charge in [-0.3, -0.25) is 4.79 Å². The Kier molecular flexibility index (Phi) is 6.41. The summed E-state index contributed by atoms with van der Waals surface area (Å²) in [7, 11) is -3.58. The molecule has 114 valence electrons. The molecule has 9 heteroatoms. The summed E-state index contributed by atoms with van der Waals surface area (Å²) < 4.78 is 26.0. The van der Waals surface area contributed by atoms with E-state index in [0.717, 1.165) is 24.2 Å². The molecule has 0 bridgehead atoms. The van der Waals surface area contributed by atoms with Crippen LogP contribution >= 0.6 is 23.7 Å². The lowest BCUT2D eigenvalue weighted by Gasteiger charge is -2.11. The second-order valence-corrected chi connectivity index (χ2v) is 7.50. The summed E-state index contributed by atoms with van der Waals surface area (Å²) in [6.07, 6.45) is 2.23. The van der Waals surface area contributed by atoms with Crippen LogP contribution in [0.5, 0.6) is 0 Å². The van der Waals surface area contributed by atoms with Crippen LogP contribution in [0.1, 0.15) is 12.8 Å². The molecule has 0 spiro atoms. The van der Waals surface area contributed by atoms with Crippen molar-refractivity contribution in [3.05, 3.63) is 17.5 Å². The highest BCUT2D eigenvalue weighted by Gasteiger charge is 2.28. The number of hydrogen-bond acceptors (Lipinski definition) is 5. The van der Waals surface area contributed by atoms with Crippen molar-refractivity contribution in [2.45, 2.75) is 23.1 Å². The van der Waals surface area contributed by atoms with E-state index >= 15 is 0 Å². The summed E-state index contributed by atoms with van der Waals surface area (Å²) >= 11 is 1.11. The lowest BCUT2D eigenvalue weighted by Crippen LogP contribution is -2.43. The highest BCUT2D eigenvalue weighted by Crippen LogP contribution is 2.31. The number of carbonyl (C=O) groups excluding carboxylic acids is 1. The maximum absolute atomic E-state index is 11.7. The van der Waals surface area contributed by atoms with Crippen molar-refractivity contribution in [3.8, 4) is 0 Å². The number of rotatable bonds is 7. The molecule has 1 fully saturated rings. The third-order valence-electron chi connectivity index (χ3n) is 2.95. The molecule has 1 aliphatic rings. The smallest absolute Gasteiger partial charge is 0.250 e. The zero-order valence-electron chi connectivity index (χ0n) is 10.7. The SMILES string of the molecule is Cl.NC(CNC(=O)CNS(=O)(=O)c1cccs1)C1CC1. The average Bonchev–Trinajstić information content (AvgIpc) is 3.07. The van der Waals surface area contributed by atoms with Crippen LogP contribution < -0.4 is 15.8 Å². The minimum atomic E-state index is -3.58. The predicted molar refractivity (Wildman–Crippen MR) is 80.5 cm³/mol. The summed E-state index contributed by atoms with van der Waals surface area (Å²) in [4.78, 5) is 11.5. The Labute approximate surface area is 128 Å². The molecule has 1 amide bonds. The van der Waals surface area contributed by atoms with Gasteiger partial charge >= 0.3 is 0 Å². The Morgan fingerprint density at radius 2 is 2.20 bits per heavy atom. The van der Waals surface area contributed by atoms with Gasteiger partial charge < -0.3 is 11.1 Å². The van der Waals surface area contributed by atoms with Gasteiger partial charge in [0, 0.05) is 12.6 Å². The molecular weight excluding hydrogens is 322 g/mol. The minimum Gasteiger partial charge on any atom is -0.353 e. The van der Waals surface area contributed by atoms with E-state index in [0.29, 0.717) is 12.5 Å². The van der Waals surface area contributed by atoms with E-state index in [2.05, 4.69) is 10.0 Å². The molecular formula is C11H18ClN3O3S2. The van der Waals surface area contributed by atoms with Crippen LogP contribution in [0.25, 0.3) is 0 Å². The number of carbonyl (C=O) groups is 1. The van der Waals surface area contributed by atoms with Crippen LogP contribution in [-0.2, 0) is 14.8 Å². The first-order valence-electron chi connectivity index (χ1n) is 6.04. The van der Waals surface area contributed by atoms with Crippen LogP contribution in [0.3, 0.4) is 0 Å². The third-order valence-corrected chi connectivity index (χ3v) is 5.74. The Balaban J connectivity index is 0.00000200. The number of amides is 1. The number of nitrogens with one attached hydrogen (secondary N) is 2. The first-order valence-corrected chi connectivity index (χ1v) is 8.41. The van der Waals surface area contributed by atoms with E-state index < -0.39 is 10.0 Å². The molecule has 6 nitrogen and oxygen atoms in total. The van der Waals surface area contributed by atoms with E-state index in [-0.39, 0.29) is 35.1 Å². The number of halogens is 1. The lowest BCUT2D eigenvalue weighted by atomic mass is 10.2. The summed E-state index contributed by atoms with van der Waals surface area (Å²) in [5, 5.41) is 4.30. The first kappa shape index (κ1) is 17.4. The van der Waals surface area contributed by atoms with Crippen molar-refractivity contribution in [1.29, 1.82) is 0 Å². The molecule has 0 radical (unpaired) electrons. The van der Waals surface area contributed by atoms with Crippen molar-refractivity contribution in [2.24, 2.45) is 11.7 Å². The Hall–Kier alpha value is -0.670. The quantitative estimate of drug-likeness (QED) is 0.665. The third kappa shape index (κ3) is 5.02. The number of nitrogens with two attached hydrogens (primary N) is 1. The standard InChI is InChI=1S/C11H17N3O3S2.ClH/c12-9(8-3-4-8)6-13-10(15)7-14-19(16,17)11-2-1-5-18-11;/h1-2,5,8-9,14H,3-4,6-7,12H2,(H,13,15);1H. The van der Waals surface area contributed by atoms with Gasteiger partial charge in [0.15, 0.2) is 0 Å². The molecule has 0 aliphatic heterocycles. The van der Waals surface area contributed by atoms with Crippen molar-refractivity contribution in [2.75, 3.05) is 13.1 Å². The largest absolute Gasteiger partial charge is 0.353 e. The highest BCUT2D eigenvalue weighted by atomic mass is 35.5. The topological polar surface area (TPSA) is 101 Å². The maximum Gasteiger partial charge on any atom is 0.250 e. The van der Waals surface area contributed by atoms with Gasteiger partial charge in [0.1, 0.15) is 4.21 Å². The molecule has 1 aromatic heterocycles. The maximum atomic E-state index is 11.7. The Morgan fingerprint density at radius 3 is 2.75 bits per heavy atom. The number of sulfonamides is 1. The highest BCUT2D eigenvalue weighted by molar-refractivity contribution is 7.91. The summed E-state index contributed by atoms with van der Waals surface area (Å²) in [5.41, 5.74) is 5.83. The van der Waals surface area contributed by atoms with E-state index in [1.807, 2.05) is 0 Å². The van der Waals surface area contributed by atoms with Gasteiger partial charge in [-0.2, -0.15) is 0 Å². The Morgan fingerprint density at radius 1 is 1.50 bits per heavy atom. The lowest BCUT2D eigenvalue weighted by molar-refractivity contribution is -0.120. The summed E-state index contributed by atoms with van der Waals surface area (Å²) in [6.45, 7) is 0.127. The van der Waals surface area contributed by atoms with E-state index in [1.54, 1.807) is 11.4 Å². The average molecular weight is 340 g/mol. The molecule has 0 saturated heterocycles. The zero-order valence-corrected chi connectivity index (χ0v) is 13.2. The monoisotopic (exact) mass is 339 g/mol. The fraction of sp³-hybridized carbons (Fsp3) is 0.545. The van der Waals surface area contributed by atoms with Crippen molar-refractivity contribution >= 4 is 39.7 Å². The second-order valence-electron chi connectivity index (χ2n) is 4.56. The van der Waals surface area contributed by atoms with Crippen LogP contribution in [0.2, 0.25) is 0 Å². The van der Waals surface area contributed by atoms with Gasteiger partial charge in [-0.1, -0.05) is 6.07 Å². The van der Waals surface area contributed by atoms with Crippen molar-refractivity contribution < 1.29 is 13.2 Å².